The minimum Gasteiger partial charge on any atom is -0.383 e. The smallest absolute Gasteiger partial charge is 0.253 e. The van der Waals surface area contributed by atoms with Gasteiger partial charge in [-0.05, 0) is 31.2 Å². The Balaban J connectivity index is 2.05. The topological polar surface area (TPSA) is 54.0 Å². The van der Waals surface area contributed by atoms with Gasteiger partial charge >= 0.3 is 0 Å². The third-order valence-corrected chi connectivity index (χ3v) is 4.38. The molecule has 1 fully saturated rings. The summed E-state index contributed by atoms with van der Waals surface area (Å²) in [6.45, 7) is 5.18. The third kappa shape index (κ3) is 4.19. The first-order valence-electron chi connectivity index (χ1n) is 8.25. The number of pyridine rings is 1. The molecular weight excluding hydrogens is 262 g/mol. The van der Waals surface area contributed by atoms with Crippen molar-refractivity contribution in [1.82, 2.24) is 10.3 Å². The fraction of sp³-hybridized carbons (Fsp3) is 0.647. The molecule has 1 heterocycles. The van der Waals surface area contributed by atoms with Crippen molar-refractivity contribution < 1.29 is 4.79 Å². The lowest BCUT2D eigenvalue weighted by Crippen LogP contribution is -2.42. The van der Waals surface area contributed by atoms with Gasteiger partial charge in [0.25, 0.3) is 5.91 Å². The lowest BCUT2D eigenvalue weighted by molar-refractivity contribution is 0.0905. The maximum Gasteiger partial charge on any atom is 0.253 e. The molecule has 2 unspecified atom stereocenters. The molecule has 2 rings (SSSR count). The molecule has 1 aromatic rings. The number of anilines is 1. The average molecular weight is 289 g/mol. The number of amides is 1. The van der Waals surface area contributed by atoms with Crippen molar-refractivity contribution in [3.63, 3.8) is 0 Å². The first-order valence-corrected chi connectivity index (χ1v) is 8.25. The molecule has 0 saturated heterocycles. The highest BCUT2D eigenvalue weighted by molar-refractivity contribution is 5.99. The van der Waals surface area contributed by atoms with Gasteiger partial charge in [-0.1, -0.05) is 33.1 Å². The summed E-state index contributed by atoms with van der Waals surface area (Å²) in [7, 11) is 0. The molecule has 116 valence electrons. The van der Waals surface area contributed by atoms with E-state index >= 15 is 0 Å². The summed E-state index contributed by atoms with van der Waals surface area (Å²) < 4.78 is 0. The van der Waals surface area contributed by atoms with Crippen LogP contribution in [0, 0.1) is 5.92 Å². The number of carbonyl (C=O) groups excluding carboxylic acids is 1. The molecule has 4 nitrogen and oxygen atoms in total. The monoisotopic (exact) mass is 289 g/mol. The molecule has 0 aliphatic heterocycles. The summed E-state index contributed by atoms with van der Waals surface area (Å²) in [6, 6.07) is 2.13. The SMILES string of the molecule is CCCNc1cnccc1C(=O)NC1CCCCC1CC. The van der Waals surface area contributed by atoms with E-state index in [1.165, 1.54) is 19.3 Å². The van der Waals surface area contributed by atoms with Crippen molar-refractivity contribution in [1.29, 1.82) is 0 Å². The van der Waals surface area contributed by atoms with E-state index in [9.17, 15) is 4.79 Å². The van der Waals surface area contributed by atoms with E-state index in [4.69, 9.17) is 0 Å². The van der Waals surface area contributed by atoms with E-state index in [1.54, 1.807) is 18.5 Å². The summed E-state index contributed by atoms with van der Waals surface area (Å²) in [5.41, 5.74) is 1.54. The fourth-order valence-corrected chi connectivity index (χ4v) is 3.13. The van der Waals surface area contributed by atoms with Crippen LogP contribution in [0.4, 0.5) is 5.69 Å². The van der Waals surface area contributed by atoms with Crippen molar-refractivity contribution in [2.75, 3.05) is 11.9 Å². The van der Waals surface area contributed by atoms with Crippen LogP contribution >= 0.6 is 0 Å². The molecule has 1 amide bonds. The first-order chi connectivity index (χ1) is 10.3. The molecule has 4 heteroatoms. The lowest BCUT2D eigenvalue weighted by atomic mass is 9.83. The van der Waals surface area contributed by atoms with E-state index in [1.807, 2.05) is 0 Å². The van der Waals surface area contributed by atoms with E-state index in [0.29, 0.717) is 17.5 Å². The number of hydrogen-bond donors (Lipinski definition) is 2. The Morgan fingerprint density at radius 3 is 2.90 bits per heavy atom. The van der Waals surface area contributed by atoms with Gasteiger partial charge in [0.1, 0.15) is 0 Å². The van der Waals surface area contributed by atoms with E-state index in [2.05, 4.69) is 29.5 Å². The summed E-state index contributed by atoms with van der Waals surface area (Å²) >= 11 is 0. The van der Waals surface area contributed by atoms with E-state index in [-0.39, 0.29) is 5.91 Å². The first kappa shape index (κ1) is 15.8. The normalized spacial score (nSPS) is 21.8. The molecule has 1 aromatic heterocycles. The molecule has 0 spiro atoms. The Morgan fingerprint density at radius 2 is 2.14 bits per heavy atom. The minimum atomic E-state index is 0.0290. The maximum absolute atomic E-state index is 12.6. The van der Waals surface area contributed by atoms with Crippen molar-refractivity contribution in [3.8, 4) is 0 Å². The minimum absolute atomic E-state index is 0.0290. The predicted molar refractivity (Wildman–Crippen MR) is 86.5 cm³/mol. The molecule has 2 atom stereocenters. The van der Waals surface area contributed by atoms with Gasteiger partial charge in [-0.2, -0.15) is 0 Å². The summed E-state index contributed by atoms with van der Waals surface area (Å²) in [4.78, 5) is 16.7. The second kappa shape index (κ2) is 8.01. The van der Waals surface area contributed by atoms with Crippen molar-refractivity contribution in [3.05, 3.63) is 24.0 Å². The van der Waals surface area contributed by atoms with Gasteiger partial charge in [-0.3, -0.25) is 9.78 Å². The largest absolute Gasteiger partial charge is 0.383 e. The summed E-state index contributed by atoms with van der Waals surface area (Å²) in [6.07, 6.45) is 10.4. The zero-order chi connectivity index (χ0) is 15.1. The van der Waals surface area contributed by atoms with Crippen LogP contribution in [0.1, 0.15) is 62.7 Å². The van der Waals surface area contributed by atoms with Gasteiger partial charge in [0, 0.05) is 18.8 Å². The van der Waals surface area contributed by atoms with Crippen LogP contribution in [0.2, 0.25) is 0 Å². The number of carbonyl (C=O) groups is 1. The second-order valence-electron chi connectivity index (χ2n) is 5.88. The fourth-order valence-electron chi connectivity index (χ4n) is 3.13. The summed E-state index contributed by atoms with van der Waals surface area (Å²) in [5.74, 6) is 0.651. The molecule has 1 aliphatic rings. The Labute approximate surface area is 127 Å². The second-order valence-corrected chi connectivity index (χ2v) is 5.88. The van der Waals surface area contributed by atoms with Gasteiger partial charge < -0.3 is 10.6 Å². The van der Waals surface area contributed by atoms with E-state index in [0.717, 1.165) is 31.5 Å². The average Bonchev–Trinajstić information content (AvgIpc) is 2.53. The summed E-state index contributed by atoms with van der Waals surface area (Å²) in [5, 5.41) is 6.53. The van der Waals surface area contributed by atoms with Gasteiger partial charge in [0.2, 0.25) is 0 Å². The van der Waals surface area contributed by atoms with E-state index < -0.39 is 0 Å². The number of aromatic nitrogens is 1. The van der Waals surface area contributed by atoms with Crippen molar-refractivity contribution >= 4 is 11.6 Å². The van der Waals surface area contributed by atoms with Crippen LogP contribution in [0.25, 0.3) is 0 Å². The van der Waals surface area contributed by atoms with Gasteiger partial charge in [-0.15, -0.1) is 0 Å². The predicted octanol–water partition coefficient (Wildman–Crippen LogP) is 3.60. The van der Waals surface area contributed by atoms with Gasteiger partial charge in [0.05, 0.1) is 17.4 Å². The highest BCUT2D eigenvalue weighted by atomic mass is 16.1. The lowest BCUT2D eigenvalue weighted by Gasteiger charge is -2.31. The number of nitrogens with one attached hydrogen (secondary N) is 2. The zero-order valence-electron chi connectivity index (χ0n) is 13.2. The molecular formula is C17H27N3O. The Bertz CT molecular complexity index is 461. The standard InChI is InChI=1S/C17H27N3O/c1-3-10-19-16-12-18-11-9-14(16)17(21)20-15-8-6-5-7-13(15)4-2/h9,11-13,15,19H,3-8,10H2,1-2H3,(H,20,21). The van der Waals surface area contributed by atoms with Crippen LogP contribution in [-0.4, -0.2) is 23.5 Å². The Kier molecular flexibility index (Phi) is 6.03. The highest BCUT2D eigenvalue weighted by Gasteiger charge is 2.25. The van der Waals surface area contributed by atoms with Crippen LogP contribution in [0.5, 0.6) is 0 Å². The third-order valence-electron chi connectivity index (χ3n) is 4.38. The number of hydrogen-bond acceptors (Lipinski definition) is 3. The van der Waals surface area contributed by atoms with Crippen molar-refractivity contribution in [2.45, 2.75) is 58.4 Å². The zero-order valence-corrected chi connectivity index (χ0v) is 13.2. The molecule has 21 heavy (non-hydrogen) atoms. The van der Waals surface area contributed by atoms with Gasteiger partial charge in [0.15, 0.2) is 0 Å². The maximum atomic E-state index is 12.6. The number of nitrogens with zero attached hydrogens (tertiary/aromatic N) is 1. The molecule has 0 bridgehead atoms. The van der Waals surface area contributed by atoms with Gasteiger partial charge in [-0.25, -0.2) is 0 Å². The van der Waals surface area contributed by atoms with Crippen LogP contribution in [0.15, 0.2) is 18.5 Å². The molecule has 1 aliphatic carbocycles. The molecule has 1 saturated carbocycles. The number of rotatable bonds is 6. The Hall–Kier alpha value is -1.58. The molecule has 2 N–H and O–H groups in total. The quantitative estimate of drug-likeness (QED) is 0.841. The molecule has 0 radical (unpaired) electrons. The van der Waals surface area contributed by atoms with Crippen LogP contribution in [-0.2, 0) is 0 Å². The molecule has 0 aromatic carbocycles. The van der Waals surface area contributed by atoms with Crippen LogP contribution in [0.3, 0.4) is 0 Å². The Morgan fingerprint density at radius 1 is 1.33 bits per heavy atom. The highest BCUT2D eigenvalue weighted by Crippen LogP contribution is 2.27. The van der Waals surface area contributed by atoms with Crippen LogP contribution < -0.4 is 10.6 Å². The van der Waals surface area contributed by atoms with Crippen molar-refractivity contribution in [2.24, 2.45) is 5.92 Å².